The number of thiazole rings is 1. The van der Waals surface area contributed by atoms with Crippen molar-refractivity contribution in [3.05, 3.63) is 52.2 Å². The van der Waals surface area contributed by atoms with Gasteiger partial charge in [0.1, 0.15) is 19.5 Å². The summed E-state index contributed by atoms with van der Waals surface area (Å²) in [5, 5.41) is 14.9. The first kappa shape index (κ1) is 20.1. The van der Waals surface area contributed by atoms with Crippen LogP contribution in [-0.2, 0) is 27.4 Å². The number of aromatic nitrogens is 5. The molecule has 0 unspecified atom stereocenters. The standard InChI is InChI=1S/C17H16N6O5S/c1-2-27-17(26)15-19-11(9-29-15)8-28-16(25)12-5-3-4-6-13(12)20-14(24)7-23-10-18-21-22-23/h3-6,9-10H,2,7-8H2,1H3,(H,20,24). The maximum absolute atomic E-state index is 12.5. The van der Waals surface area contributed by atoms with Crippen molar-refractivity contribution < 1.29 is 23.9 Å². The van der Waals surface area contributed by atoms with Crippen molar-refractivity contribution in [3.8, 4) is 0 Å². The number of ether oxygens (including phenoxy) is 2. The van der Waals surface area contributed by atoms with Crippen LogP contribution in [0.3, 0.4) is 0 Å². The van der Waals surface area contributed by atoms with Crippen LogP contribution in [0.5, 0.6) is 0 Å². The maximum atomic E-state index is 12.5. The summed E-state index contributed by atoms with van der Waals surface area (Å²) in [6.07, 6.45) is 1.30. The molecule has 1 aromatic carbocycles. The normalized spacial score (nSPS) is 10.4. The molecule has 0 fully saturated rings. The minimum absolute atomic E-state index is 0.105. The smallest absolute Gasteiger partial charge is 0.367 e. The van der Waals surface area contributed by atoms with E-state index in [0.717, 1.165) is 11.3 Å². The largest absolute Gasteiger partial charge is 0.461 e. The van der Waals surface area contributed by atoms with Crippen LogP contribution in [0.15, 0.2) is 36.0 Å². The van der Waals surface area contributed by atoms with Gasteiger partial charge in [-0.05, 0) is 29.5 Å². The Balaban J connectivity index is 1.61. The summed E-state index contributed by atoms with van der Waals surface area (Å²) >= 11 is 1.11. The van der Waals surface area contributed by atoms with Gasteiger partial charge >= 0.3 is 11.9 Å². The molecule has 0 aliphatic heterocycles. The molecule has 0 bridgehead atoms. The number of tetrazole rings is 1. The second-order valence-electron chi connectivity index (χ2n) is 5.54. The van der Waals surface area contributed by atoms with Gasteiger partial charge < -0.3 is 14.8 Å². The number of hydrogen-bond acceptors (Lipinski definition) is 10. The fraction of sp³-hybridized carbons (Fsp3) is 0.235. The molecule has 0 radical (unpaired) electrons. The molecule has 0 aliphatic rings. The minimum atomic E-state index is -0.644. The Labute approximate surface area is 168 Å². The number of carbonyl (C=O) groups excluding carboxylic acids is 3. The quantitative estimate of drug-likeness (QED) is 0.538. The van der Waals surface area contributed by atoms with E-state index in [9.17, 15) is 14.4 Å². The lowest BCUT2D eigenvalue weighted by Gasteiger charge is -2.10. The van der Waals surface area contributed by atoms with Crippen LogP contribution in [0.4, 0.5) is 5.69 Å². The fourth-order valence-electron chi connectivity index (χ4n) is 2.24. The van der Waals surface area contributed by atoms with Gasteiger partial charge in [-0.15, -0.1) is 16.4 Å². The SMILES string of the molecule is CCOC(=O)c1nc(COC(=O)c2ccccc2NC(=O)Cn2cnnn2)cs1. The number of para-hydroxylation sites is 1. The van der Waals surface area contributed by atoms with Gasteiger partial charge in [-0.1, -0.05) is 12.1 Å². The van der Waals surface area contributed by atoms with Crippen LogP contribution in [0.1, 0.15) is 32.8 Å². The number of carbonyl (C=O) groups is 3. The number of esters is 2. The highest BCUT2D eigenvalue weighted by atomic mass is 32.1. The van der Waals surface area contributed by atoms with Crippen molar-refractivity contribution in [1.82, 2.24) is 25.2 Å². The molecular formula is C17H16N6O5S. The Kier molecular flexibility index (Phi) is 6.58. The first-order valence-corrected chi connectivity index (χ1v) is 9.33. The van der Waals surface area contributed by atoms with Gasteiger partial charge in [0.2, 0.25) is 10.9 Å². The summed E-state index contributed by atoms with van der Waals surface area (Å²) in [7, 11) is 0. The number of hydrogen-bond donors (Lipinski definition) is 1. The Morgan fingerprint density at radius 3 is 2.76 bits per heavy atom. The number of amides is 1. The van der Waals surface area contributed by atoms with Crippen LogP contribution in [0.2, 0.25) is 0 Å². The van der Waals surface area contributed by atoms with Gasteiger partial charge in [0.25, 0.3) is 0 Å². The van der Waals surface area contributed by atoms with Gasteiger partial charge in [-0.3, -0.25) is 4.79 Å². The average Bonchev–Trinajstić information content (AvgIpc) is 3.38. The van der Waals surface area contributed by atoms with Crippen LogP contribution in [0.25, 0.3) is 0 Å². The van der Waals surface area contributed by atoms with Gasteiger partial charge in [-0.2, -0.15) is 0 Å². The molecule has 0 spiro atoms. The molecule has 1 N–H and O–H groups in total. The number of anilines is 1. The van der Waals surface area contributed by atoms with E-state index in [1.54, 1.807) is 30.5 Å². The molecule has 11 nitrogen and oxygen atoms in total. The first-order valence-electron chi connectivity index (χ1n) is 8.45. The zero-order valence-corrected chi connectivity index (χ0v) is 16.1. The molecule has 3 aromatic rings. The summed E-state index contributed by atoms with van der Waals surface area (Å²) in [5.74, 6) is -1.57. The maximum Gasteiger partial charge on any atom is 0.367 e. The molecular weight excluding hydrogens is 400 g/mol. The molecule has 12 heteroatoms. The number of nitrogens with zero attached hydrogens (tertiary/aromatic N) is 5. The van der Waals surface area contributed by atoms with Crippen molar-refractivity contribution in [2.45, 2.75) is 20.1 Å². The third kappa shape index (κ3) is 5.42. The zero-order valence-electron chi connectivity index (χ0n) is 15.3. The molecule has 3 rings (SSSR count). The molecule has 1 amide bonds. The summed E-state index contributed by atoms with van der Waals surface area (Å²) in [4.78, 5) is 40.3. The predicted octanol–water partition coefficient (Wildman–Crippen LogP) is 1.30. The second kappa shape index (κ2) is 9.50. The molecule has 0 saturated heterocycles. The Morgan fingerprint density at radius 2 is 2.00 bits per heavy atom. The molecule has 150 valence electrons. The van der Waals surface area contributed by atoms with E-state index in [4.69, 9.17) is 9.47 Å². The lowest BCUT2D eigenvalue weighted by molar-refractivity contribution is -0.116. The molecule has 0 atom stereocenters. The van der Waals surface area contributed by atoms with Crippen molar-refractivity contribution in [3.63, 3.8) is 0 Å². The minimum Gasteiger partial charge on any atom is -0.461 e. The number of rotatable bonds is 8. The molecule has 0 saturated carbocycles. The van der Waals surface area contributed by atoms with Gasteiger partial charge in [0, 0.05) is 5.38 Å². The van der Waals surface area contributed by atoms with Crippen molar-refractivity contribution in [1.29, 1.82) is 0 Å². The lowest BCUT2D eigenvalue weighted by Crippen LogP contribution is -2.21. The summed E-state index contributed by atoms with van der Waals surface area (Å²) in [5.41, 5.74) is 0.895. The van der Waals surface area contributed by atoms with E-state index in [-0.39, 0.29) is 30.3 Å². The lowest BCUT2D eigenvalue weighted by atomic mass is 10.2. The van der Waals surface area contributed by atoms with E-state index < -0.39 is 17.8 Å². The highest BCUT2D eigenvalue weighted by molar-refractivity contribution is 7.11. The average molecular weight is 416 g/mol. The monoisotopic (exact) mass is 416 g/mol. The van der Waals surface area contributed by atoms with Crippen LogP contribution >= 0.6 is 11.3 Å². The number of benzene rings is 1. The summed E-state index contributed by atoms with van der Waals surface area (Å²) < 4.78 is 11.4. The van der Waals surface area contributed by atoms with E-state index >= 15 is 0 Å². The number of nitrogens with one attached hydrogen (secondary N) is 1. The molecule has 2 aromatic heterocycles. The van der Waals surface area contributed by atoms with Crippen LogP contribution in [0, 0.1) is 0 Å². The van der Waals surface area contributed by atoms with Gasteiger partial charge in [0.05, 0.1) is 23.6 Å². The predicted molar refractivity (Wildman–Crippen MR) is 100 cm³/mol. The van der Waals surface area contributed by atoms with Crippen molar-refractivity contribution >= 4 is 34.9 Å². The summed E-state index contributed by atoms with van der Waals surface area (Å²) in [6.45, 7) is 1.72. The third-order valence-corrected chi connectivity index (χ3v) is 4.34. The highest BCUT2D eigenvalue weighted by Crippen LogP contribution is 2.18. The van der Waals surface area contributed by atoms with Crippen LogP contribution < -0.4 is 5.32 Å². The Bertz CT molecular complexity index is 1000. The molecule has 29 heavy (non-hydrogen) atoms. The Hall–Kier alpha value is -3.67. The first-order chi connectivity index (χ1) is 14.1. The summed E-state index contributed by atoms with van der Waals surface area (Å²) in [6, 6.07) is 6.43. The highest BCUT2D eigenvalue weighted by Gasteiger charge is 2.17. The topological polar surface area (TPSA) is 138 Å². The zero-order chi connectivity index (χ0) is 20.6. The Morgan fingerprint density at radius 1 is 1.17 bits per heavy atom. The molecule has 0 aliphatic carbocycles. The molecule has 2 heterocycles. The van der Waals surface area contributed by atoms with Gasteiger partial charge in [-0.25, -0.2) is 19.3 Å². The fourth-order valence-corrected chi connectivity index (χ4v) is 2.93. The van der Waals surface area contributed by atoms with Gasteiger partial charge in [0.15, 0.2) is 0 Å². The van der Waals surface area contributed by atoms with Crippen molar-refractivity contribution in [2.24, 2.45) is 0 Å². The van der Waals surface area contributed by atoms with Crippen molar-refractivity contribution in [2.75, 3.05) is 11.9 Å². The van der Waals surface area contributed by atoms with E-state index in [1.807, 2.05) is 0 Å². The van der Waals surface area contributed by atoms with Crippen LogP contribution in [-0.4, -0.2) is 49.6 Å². The second-order valence-corrected chi connectivity index (χ2v) is 6.40. The van der Waals surface area contributed by atoms with E-state index in [1.165, 1.54) is 17.1 Å². The van der Waals surface area contributed by atoms with E-state index in [0.29, 0.717) is 11.4 Å². The third-order valence-electron chi connectivity index (χ3n) is 3.47. The van der Waals surface area contributed by atoms with E-state index in [2.05, 4.69) is 25.8 Å².